The van der Waals surface area contributed by atoms with Gasteiger partial charge >= 0.3 is 6.15 Å². The third kappa shape index (κ3) is 7.24. The second-order valence-electron chi connectivity index (χ2n) is 5.12. The van der Waals surface area contributed by atoms with Crippen LogP contribution < -0.4 is 0 Å². The van der Waals surface area contributed by atoms with Crippen LogP contribution in [-0.4, -0.2) is 6.15 Å². The monoisotopic (exact) mass is 282 g/mol. The lowest BCUT2D eigenvalue weighted by Gasteiger charge is -2.16. The third-order valence-electron chi connectivity index (χ3n) is 3.43. The van der Waals surface area contributed by atoms with E-state index < -0.39 is 0 Å². The van der Waals surface area contributed by atoms with Gasteiger partial charge in [0.25, 0.3) is 0 Å². The Bertz CT molecular complexity index is 472. The molecule has 2 aromatic carbocycles. The molecule has 0 unspecified atom stereocenters. The van der Waals surface area contributed by atoms with Crippen LogP contribution in [0.5, 0.6) is 0 Å². The van der Waals surface area contributed by atoms with Gasteiger partial charge in [-0.2, -0.15) is 9.59 Å². The average Bonchev–Trinajstić information content (AvgIpc) is 2.50. The van der Waals surface area contributed by atoms with Gasteiger partial charge in [-0.3, -0.25) is 0 Å². The highest BCUT2D eigenvalue weighted by atomic mass is 16.2. The van der Waals surface area contributed by atoms with Crippen LogP contribution >= 0.6 is 0 Å². The molecule has 21 heavy (non-hydrogen) atoms. The predicted octanol–water partition coefficient (Wildman–Crippen LogP) is 4.30. The van der Waals surface area contributed by atoms with Crippen molar-refractivity contribution < 1.29 is 9.59 Å². The van der Waals surface area contributed by atoms with Crippen LogP contribution in [0.2, 0.25) is 0 Å². The minimum absolute atomic E-state index is 0.250. The summed E-state index contributed by atoms with van der Waals surface area (Å²) in [6, 6.07) is 21.7. The normalized spacial score (nSPS) is 9.62. The number of hydrogen-bond donors (Lipinski definition) is 0. The van der Waals surface area contributed by atoms with Gasteiger partial charge in [0.2, 0.25) is 0 Å². The molecule has 0 aliphatic heterocycles. The standard InChI is InChI=1S/C18H22.CO2/c1-2-9-18(14-16-10-5-3-6-11-16)15-17-12-7-4-8-13-17;2-1-3/h3-8,10-13,18H,2,9,14-15H2,1H3;. The fraction of sp³-hybridized carbons (Fsp3) is 0.316. The van der Waals surface area contributed by atoms with E-state index in [1.165, 1.54) is 36.8 Å². The van der Waals surface area contributed by atoms with E-state index in [4.69, 9.17) is 9.59 Å². The zero-order valence-electron chi connectivity index (χ0n) is 12.5. The summed E-state index contributed by atoms with van der Waals surface area (Å²) in [5.74, 6) is 0.764. The molecule has 0 amide bonds. The molecule has 0 saturated carbocycles. The van der Waals surface area contributed by atoms with E-state index in [2.05, 4.69) is 67.6 Å². The molecule has 0 saturated heterocycles. The highest BCUT2D eigenvalue weighted by molar-refractivity contribution is 5.20. The van der Waals surface area contributed by atoms with E-state index in [-0.39, 0.29) is 6.15 Å². The highest BCUT2D eigenvalue weighted by Gasteiger charge is 2.09. The fourth-order valence-electron chi connectivity index (χ4n) is 2.58. The van der Waals surface area contributed by atoms with Crippen molar-refractivity contribution in [2.24, 2.45) is 5.92 Å². The Morgan fingerprint density at radius 3 is 1.52 bits per heavy atom. The summed E-state index contributed by atoms with van der Waals surface area (Å²) < 4.78 is 0. The van der Waals surface area contributed by atoms with Gasteiger partial charge < -0.3 is 0 Å². The van der Waals surface area contributed by atoms with Crippen LogP contribution in [-0.2, 0) is 22.4 Å². The smallest absolute Gasteiger partial charge is 0.186 e. The van der Waals surface area contributed by atoms with Crippen LogP contribution in [0.4, 0.5) is 0 Å². The lowest BCUT2D eigenvalue weighted by atomic mass is 9.89. The largest absolute Gasteiger partial charge is 0.373 e. The van der Waals surface area contributed by atoms with Crippen molar-refractivity contribution in [3.8, 4) is 0 Å². The first-order chi connectivity index (χ1) is 10.3. The Morgan fingerprint density at radius 1 is 0.810 bits per heavy atom. The molecule has 110 valence electrons. The van der Waals surface area contributed by atoms with E-state index in [1.54, 1.807) is 0 Å². The van der Waals surface area contributed by atoms with Crippen molar-refractivity contribution in [3.05, 3.63) is 71.8 Å². The predicted molar refractivity (Wildman–Crippen MR) is 83.7 cm³/mol. The molecule has 0 atom stereocenters. The maximum atomic E-state index is 8.12. The summed E-state index contributed by atoms with van der Waals surface area (Å²) in [6.07, 6.45) is 5.22. The van der Waals surface area contributed by atoms with E-state index in [0.29, 0.717) is 0 Å². The third-order valence-corrected chi connectivity index (χ3v) is 3.43. The van der Waals surface area contributed by atoms with Gasteiger partial charge in [0.05, 0.1) is 0 Å². The zero-order chi connectivity index (χ0) is 15.3. The molecular weight excluding hydrogens is 260 g/mol. The molecule has 2 rings (SSSR count). The molecule has 0 aliphatic carbocycles. The topological polar surface area (TPSA) is 34.1 Å². The summed E-state index contributed by atoms with van der Waals surface area (Å²) in [6.45, 7) is 2.28. The molecular formula is C19H22O2. The summed E-state index contributed by atoms with van der Waals surface area (Å²) in [7, 11) is 0. The first kappa shape index (κ1) is 16.9. The number of hydrogen-bond acceptors (Lipinski definition) is 2. The van der Waals surface area contributed by atoms with Gasteiger partial charge in [0, 0.05) is 0 Å². The lowest BCUT2D eigenvalue weighted by Crippen LogP contribution is -2.08. The minimum atomic E-state index is 0.250. The van der Waals surface area contributed by atoms with E-state index in [1.807, 2.05) is 0 Å². The quantitative estimate of drug-likeness (QED) is 0.791. The zero-order valence-corrected chi connectivity index (χ0v) is 12.5. The SMILES string of the molecule is CCCC(Cc1ccccc1)Cc1ccccc1.O=C=O. The Kier molecular flexibility index (Phi) is 8.51. The molecule has 0 bridgehead atoms. The second-order valence-corrected chi connectivity index (χ2v) is 5.12. The molecule has 2 nitrogen and oxygen atoms in total. The highest BCUT2D eigenvalue weighted by Crippen LogP contribution is 2.19. The van der Waals surface area contributed by atoms with Gasteiger partial charge in [-0.05, 0) is 29.9 Å². The van der Waals surface area contributed by atoms with Crippen molar-refractivity contribution >= 4 is 6.15 Å². The van der Waals surface area contributed by atoms with E-state index >= 15 is 0 Å². The van der Waals surface area contributed by atoms with Crippen molar-refractivity contribution in [1.29, 1.82) is 0 Å². The first-order valence-electron chi connectivity index (χ1n) is 7.37. The molecule has 0 spiro atoms. The Hall–Kier alpha value is -2.18. The van der Waals surface area contributed by atoms with Gasteiger partial charge in [0.1, 0.15) is 0 Å². The molecule has 0 radical (unpaired) electrons. The van der Waals surface area contributed by atoms with Gasteiger partial charge in [-0.15, -0.1) is 0 Å². The molecule has 0 aromatic heterocycles. The van der Waals surface area contributed by atoms with Crippen molar-refractivity contribution in [2.45, 2.75) is 32.6 Å². The number of benzene rings is 2. The number of carbonyl (C=O) groups excluding carboxylic acids is 2. The Morgan fingerprint density at radius 2 is 1.19 bits per heavy atom. The van der Waals surface area contributed by atoms with Crippen LogP contribution in [0.15, 0.2) is 60.7 Å². The average molecular weight is 282 g/mol. The van der Waals surface area contributed by atoms with Crippen molar-refractivity contribution in [2.75, 3.05) is 0 Å². The second kappa shape index (κ2) is 10.6. The molecule has 2 heteroatoms. The van der Waals surface area contributed by atoms with Gasteiger partial charge in [0.15, 0.2) is 0 Å². The number of rotatable bonds is 6. The van der Waals surface area contributed by atoms with Gasteiger partial charge in [-0.25, -0.2) is 0 Å². The maximum absolute atomic E-state index is 8.12. The summed E-state index contributed by atoms with van der Waals surface area (Å²) >= 11 is 0. The van der Waals surface area contributed by atoms with E-state index in [9.17, 15) is 0 Å². The summed E-state index contributed by atoms with van der Waals surface area (Å²) in [5.41, 5.74) is 2.93. The summed E-state index contributed by atoms with van der Waals surface area (Å²) in [4.78, 5) is 16.2. The Balaban J connectivity index is 0.000000677. The molecule has 2 aromatic rings. The maximum Gasteiger partial charge on any atom is 0.373 e. The summed E-state index contributed by atoms with van der Waals surface area (Å²) in [5, 5.41) is 0. The van der Waals surface area contributed by atoms with Crippen LogP contribution in [0.25, 0.3) is 0 Å². The molecule has 0 N–H and O–H groups in total. The van der Waals surface area contributed by atoms with Gasteiger partial charge in [-0.1, -0.05) is 80.4 Å². The molecule has 0 aliphatic rings. The van der Waals surface area contributed by atoms with Crippen LogP contribution in [0.3, 0.4) is 0 Å². The van der Waals surface area contributed by atoms with Crippen molar-refractivity contribution in [3.63, 3.8) is 0 Å². The Labute approximate surface area is 126 Å². The van der Waals surface area contributed by atoms with Crippen molar-refractivity contribution in [1.82, 2.24) is 0 Å². The molecule has 0 fully saturated rings. The van der Waals surface area contributed by atoms with Crippen LogP contribution in [0.1, 0.15) is 30.9 Å². The van der Waals surface area contributed by atoms with E-state index in [0.717, 1.165) is 5.92 Å². The first-order valence-corrected chi connectivity index (χ1v) is 7.37. The minimum Gasteiger partial charge on any atom is -0.186 e. The molecule has 0 heterocycles. The van der Waals surface area contributed by atoms with Crippen LogP contribution in [0, 0.1) is 5.92 Å². The lowest BCUT2D eigenvalue weighted by molar-refractivity contribution is -0.191. The fourth-order valence-corrected chi connectivity index (χ4v) is 2.58.